The topological polar surface area (TPSA) is 38.9 Å². The van der Waals surface area contributed by atoms with Crippen LogP contribution in [0.1, 0.15) is 11.1 Å². The second kappa shape index (κ2) is 2.73. The molecule has 0 aliphatic heterocycles. The summed E-state index contributed by atoms with van der Waals surface area (Å²) >= 11 is 0. The van der Waals surface area contributed by atoms with Gasteiger partial charge in [0.05, 0.1) is 11.9 Å². The van der Waals surface area contributed by atoms with E-state index in [2.05, 4.69) is 31.0 Å². The first-order valence-electron chi connectivity index (χ1n) is 4.29. The maximum absolute atomic E-state index is 5.86. The van der Waals surface area contributed by atoms with E-state index in [1.54, 1.807) is 6.20 Å². The average molecular weight is 172 g/mol. The quantitative estimate of drug-likeness (QED) is 0.662. The number of hydrogen-bond donors (Lipinski definition) is 1. The van der Waals surface area contributed by atoms with Crippen LogP contribution in [0, 0.1) is 13.8 Å². The highest BCUT2D eigenvalue weighted by Gasteiger charge is 2.02. The summed E-state index contributed by atoms with van der Waals surface area (Å²) in [5.41, 5.74) is 9.14. The Morgan fingerprint density at radius 1 is 1.15 bits per heavy atom. The van der Waals surface area contributed by atoms with Crippen molar-refractivity contribution in [3.05, 3.63) is 35.7 Å². The number of nitrogens with zero attached hydrogens (tertiary/aromatic N) is 1. The van der Waals surface area contributed by atoms with Crippen molar-refractivity contribution in [1.82, 2.24) is 4.98 Å². The number of aryl methyl sites for hydroxylation is 2. The van der Waals surface area contributed by atoms with Gasteiger partial charge < -0.3 is 5.73 Å². The maximum atomic E-state index is 5.86. The molecule has 2 heteroatoms. The molecule has 0 radical (unpaired) electrons. The van der Waals surface area contributed by atoms with E-state index in [-0.39, 0.29) is 0 Å². The number of benzene rings is 1. The predicted molar refractivity (Wildman–Crippen MR) is 55.6 cm³/mol. The Kier molecular flexibility index (Phi) is 1.69. The Morgan fingerprint density at radius 3 is 2.69 bits per heavy atom. The minimum atomic E-state index is 0.763. The predicted octanol–water partition coefficient (Wildman–Crippen LogP) is 2.43. The molecule has 1 aromatic carbocycles. The first-order valence-corrected chi connectivity index (χ1v) is 4.29. The van der Waals surface area contributed by atoms with Gasteiger partial charge in [0, 0.05) is 17.0 Å². The molecular weight excluding hydrogens is 160 g/mol. The zero-order valence-electron chi connectivity index (χ0n) is 7.83. The Labute approximate surface area is 77.4 Å². The fraction of sp³-hybridized carbons (Fsp3) is 0.182. The molecule has 2 nitrogen and oxygen atoms in total. The van der Waals surface area contributed by atoms with Crippen molar-refractivity contribution in [3.8, 4) is 0 Å². The first-order chi connectivity index (χ1) is 6.20. The van der Waals surface area contributed by atoms with Gasteiger partial charge in [-0.2, -0.15) is 0 Å². The monoisotopic (exact) mass is 172 g/mol. The molecule has 0 saturated carbocycles. The second-order valence-electron chi connectivity index (χ2n) is 3.33. The molecule has 0 atom stereocenters. The molecule has 1 aromatic heterocycles. The smallest absolute Gasteiger partial charge is 0.0583 e. The zero-order valence-corrected chi connectivity index (χ0v) is 7.83. The Bertz CT molecular complexity index is 461. The summed E-state index contributed by atoms with van der Waals surface area (Å²) in [5.74, 6) is 0. The molecular formula is C11H12N2. The van der Waals surface area contributed by atoms with Gasteiger partial charge in [-0.05, 0) is 25.0 Å². The highest BCUT2D eigenvalue weighted by atomic mass is 14.7. The van der Waals surface area contributed by atoms with Crippen LogP contribution < -0.4 is 5.73 Å². The number of anilines is 1. The summed E-state index contributed by atoms with van der Waals surface area (Å²) in [5, 5.41) is 2.25. The molecule has 66 valence electrons. The third kappa shape index (κ3) is 1.15. The van der Waals surface area contributed by atoms with Crippen LogP contribution in [-0.4, -0.2) is 4.98 Å². The number of pyridine rings is 1. The number of aromatic nitrogens is 1. The third-order valence-corrected chi connectivity index (χ3v) is 2.48. The summed E-state index contributed by atoms with van der Waals surface area (Å²) in [6, 6.07) is 4.15. The number of fused-ring (bicyclic) bond motifs is 1. The lowest BCUT2D eigenvalue weighted by atomic mass is 10.0. The van der Waals surface area contributed by atoms with Crippen molar-refractivity contribution >= 4 is 16.5 Å². The molecule has 0 bridgehead atoms. The van der Waals surface area contributed by atoms with E-state index in [0.717, 1.165) is 16.5 Å². The Hall–Kier alpha value is -1.57. The number of rotatable bonds is 0. The van der Waals surface area contributed by atoms with Crippen LogP contribution in [0.5, 0.6) is 0 Å². The largest absolute Gasteiger partial charge is 0.397 e. The van der Waals surface area contributed by atoms with Crippen molar-refractivity contribution in [1.29, 1.82) is 0 Å². The van der Waals surface area contributed by atoms with Crippen molar-refractivity contribution in [2.45, 2.75) is 13.8 Å². The van der Waals surface area contributed by atoms with E-state index >= 15 is 0 Å². The van der Waals surface area contributed by atoms with Gasteiger partial charge in [-0.3, -0.25) is 4.98 Å². The Balaban J connectivity index is 2.97. The molecule has 2 rings (SSSR count). The fourth-order valence-corrected chi connectivity index (χ4v) is 1.59. The average Bonchev–Trinajstić information content (AvgIpc) is 2.12. The van der Waals surface area contributed by atoms with E-state index < -0.39 is 0 Å². The molecule has 0 fully saturated rings. The summed E-state index contributed by atoms with van der Waals surface area (Å²) < 4.78 is 0. The molecule has 1 heterocycles. The van der Waals surface area contributed by atoms with Gasteiger partial charge in [-0.1, -0.05) is 12.1 Å². The third-order valence-electron chi connectivity index (χ3n) is 2.48. The summed E-state index contributed by atoms with van der Waals surface area (Å²) in [6.45, 7) is 4.18. The van der Waals surface area contributed by atoms with Gasteiger partial charge in [0.25, 0.3) is 0 Å². The van der Waals surface area contributed by atoms with Crippen molar-refractivity contribution < 1.29 is 0 Å². The highest BCUT2D eigenvalue weighted by molar-refractivity contribution is 5.95. The van der Waals surface area contributed by atoms with Gasteiger partial charge in [-0.15, -0.1) is 0 Å². The molecule has 0 saturated heterocycles. The summed E-state index contributed by atoms with van der Waals surface area (Å²) in [4.78, 5) is 4.06. The van der Waals surface area contributed by atoms with Crippen molar-refractivity contribution in [2.24, 2.45) is 0 Å². The van der Waals surface area contributed by atoms with Crippen LogP contribution in [0.2, 0.25) is 0 Å². The standard InChI is InChI=1S/C11H12N2/c1-7-3-4-9-5-13-6-10(12)11(9)8(7)2/h3-6H,12H2,1-2H3. The first kappa shape index (κ1) is 8.05. The number of nitrogen functional groups attached to an aromatic ring is 1. The second-order valence-corrected chi connectivity index (χ2v) is 3.33. The summed E-state index contributed by atoms with van der Waals surface area (Å²) in [6.07, 6.45) is 3.55. The molecule has 2 N–H and O–H groups in total. The normalized spacial score (nSPS) is 10.6. The summed E-state index contributed by atoms with van der Waals surface area (Å²) in [7, 11) is 0. The van der Waals surface area contributed by atoms with Crippen LogP contribution in [-0.2, 0) is 0 Å². The van der Waals surface area contributed by atoms with Gasteiger partial charge in [0.2, 0.25) is 0 Å². The van der Waals surface area contributed by atoms with Gasteiger partial charge in [-0.25, -0.2) is 0 Å². The number of hydrogen-bond acceptors (Lipinski definition) is 2. The molecule has 2 aromatic rings. The van der Waals surface area contributed by atoms with E-state index in [4.69, 9.17) is 5.73 Å². The lowest BCUT2D eigenvalue weighted by Crippen LogP contribution is -1.92. The van der Waals surface area contributed by atoms with E-state index in [1.165, 1.54) is 11.1 Å². The van der Waals surface area contributed by atoms with Gasteiger partial charge >= 0.3 is 0 Å². The lowest BCUT2D eigenvalue weighted by Gasteiger charge is -2.07. The van der Waals surface area contributed by atoms with Crippen LogP contribution >= 0.6 is 0 Å². The lowest BCUT2D eigenvalue weighted by molar-refractivity contribution is 1.33. The maximum Gasteiger partial charge on any atom is 0.0583 e. The van der Waals surface area contributed by atoms with Crippen LogP contribution in [0.25, 0.3) is 10.8 Å². The van der Waals surface area contributed by atoms with E-state index in [1.807, 2.05) is 6.20 Å². The van der Waals surface area contributed by atoms with E-state index in [9.17, 15) is 0 Å². The molecule has 0 spiro atoms. The molecule has 0 aliphatic carbocycles. The highest BCUT2D eigenvalue weighted by Crippen LogP contribution is 2.25. The van der Waals surface area contributed by atoms with Crippen LogP contribution in [0.3, 0.4) is 0 Å². The number of nitrogens with two attached hydrogens (primary N) is 1. The van der Waals surface area contributed by atoms with Gasteiger partial charge in [0.1, 0.15) is 0 Å². The fourth-order valence-electron chi connectivity index (χ4n) is 1.59. The Morgan fingerprint density at radius 2 is 1.92 bits per heavy atom. The zero-order chi connectivity index (χ0) is 9.42. The molecule has 13 heavy (non-hydrogen) atoms. The van der Waals surface area contributed by atoms with Crippen LogP contribution in [0.15, 0.2) is 24.5 Å². The SMILES string of the molecule is Cc1ccc2cncc(N)c2c1C. The molecule has 0 amide bonds. The van der Waals surface area contributed by atoms with Gasteiger partial charge in [0.15, 0.2) is 0 Å². The minimum Gasteiger partial charge on any atom is -0.397 e. The molecule has 0 unspecified atom stereocenters. The van der Waals surface area contributed by atoms with Crippen LogP contribution in [0.4, 0.5) is 5.69 Å². The van der Waals surface area contributed by atoms with E-state index in [0.29, 0.717) is 0 Å². The molecule has 0 aliphatic rings. The minimum absolute atomic E-state index is 0.763. The van der Waals surface area contributed by atoms with Crippen molar-refractivity contribution in [2.75, 3.05) is 5.73 Å². The van der Waals surface area contributed by atoms with Crippen molar-refractivity contribution in [3.63, 3.8) is 0 Å².